The van der Waals surface area contributed by atoms with E-state index in [0.717, 1.165) is 17.7 Å². The van der Waals surface area contributed by atoms with Crippen molar-refractivity contribution in [2.45, 2.75) is 24.4 Å². The standard InChI is InChI=1S/C19H24ClN3O3S/c1-23(2)14-16-6-4-3-5-15(16)13-21-19(24)11-12-22-27(25,26)18-9-7-17(20)8-10-18/h3-10,22H,11-14H2,1-2H3,(H,21,24). The van der Waals surface area contributed by atoms with E-state index in [1.54, 1.807) is 0 Å². The minimum atomic E-state index is -3.65. The third-order valence-corrected chi connectivity index (χ3v) is 5.58. The molecule has 0 bridgehead atoms. The van der Waals surface area contributed by atoms with Gasteiger partial charge >= 0.3 is 0 Å². The molecule has 0 aliphatic heterocycles. The predicted molar refractivity (Wildman–Crippen MR) is 107 cm³/mol. The third kappa shape index (κ3) is 6.95. The lowest BCUT2D eigenvalue weighted by Gasteiger charge is -2.14. The quantitative estimate of drug-likeness (QED) is 0.666. The molecule has 0 atom stereocenters. The number of carbonyl (C=O) groups is 1. The summed E-state index contributed by atoms with van der Waals surface area (Å²) in [7, 11) is 0.322. The van der Waals surface area contributed by atoms with Gasteiger partial charge in [0.25, 0.3) is 0 Å². The van der Waals surface area contributed by atoms with Crippen molar-refractivity contribution < 1.29 is 13.2 Å². The molecule has 0 heterocycles. The van der Waals surface area contributed by atoms with Crippen LogP contribution in [0.5, 0.6) is 0 Å². The van der Waals surface area contributed by atoms with Crippen molar-refractivity contribution in [3.05, 3.63) is 64.7 Å². The molecule has 1 amide bonds. The van der Waals surface area contributed by atoms with E-state index in [9.17, 15) is 13.2 Å². The maximum Gasteiger partial charge on any atom is 0.240 e. The van der Waals surface area contributed by atoms with Crippen molar-refractivity contribution in [2.75, 3.05) is 20.6 Å². The monoisotopic (exact) mass is 409 g/mol. The highest BCUT2D eigenvalue weighted by Crippen LogP contribution is 2.14. The van der Waals surface area contributed by atoms with E-state index in [1.165, 1.54) is 24.3 Å². The van der Waals surface area contributed by atoms with Gasteiger partial charge in [0.2, 0.25) is 15.9 Å². The van der Waals surface area contributed by atoms with Crippen molar-refractivity contribution in [3.63, 3.8) is 0 Å². The second kappa shape index (κ2) is 9.85. The molecular weight excluding hydrogens is 386 g/mol. The maximum atomic E-state index is 12.2. The Balaban J connectivity index is 1.82. The van der Waals surface area contributed by atoms with Crippen LogP contribution in [0.1, 0.15) is 17.5 Å². The van der Waals surface area contributed by atoms with Gasteiger partial charge in [-0.05, 0) is 49.5 Å². The molecule has 0 saturated carbocycles. The number of hydrogen-bond donors (Lipinski definition) is 2. The highest BCUT2D eigenvalue weighted by molar-refractivity contribution is 7.89. The Hall–Kier alpha value is -1.93. The van der Waals surface area contributed by atoms with Crippen LogP contribution in [0.2, 0.25) is 5.02 Å². The molecule has 27 heavy (non-hydrogen) atoms. The van der Waals surface area contributed by atoms with Gasteiger partial charge in [0, 0.05) is 31.1 Å². The molecule has 0 aromatic heterocycles. The summed E-state index contributed by atoms with van der Waals surface area (Å²) in [6.07, 6.45) is 0.0582. The minimum absolute atomic E-state index is 0.0239. The first-order valence-electron chi connectivity index (χ1n) is 8.51. The van der Waals surface area contributed by atoms with Gasteiger partial charge in [-0.3, -0.25) is 4.79 Å². The normalized spacial score (nSPS) is 11.6. The van der Waals surface area contributed by atoms with Gasteiger partial charge in [-0.25, -0.2) is 13.1 Å². The zero-order valence-electron chi connectivity index (χ0n) is 15.4. The molecule has 0 saturated heterocycles. The first-order chi connectivity index (χ1) is 12.8. The predicted octanol–water partition coefficient (Wildman–Crippen LogP) is 2.39. The molecule has 0 fully saturated rings. The van der Waals surface area contributed by atoms with Crippen LogP contribution < -0.4 is 10.0 Å². The Morgan fingerprint density at radius 3 is 2.30 bits per heavy atom. The van der Waals surface area contributed by atoms with Crippen LogP contribution in [0, 0.1) is 0 Å². The zero-order valence-corrected chi connectivity index (χ0v) is 17.0. The second-order valence-electron chi connectivity index (χ2n) is 6.38. The molecule has 2 N–H and O–H groups in total. The van der Waals surface area contributed by atoms with Crippen LogP contribution in [0.3, 0.4) is 0 Å². The van der Waals surface area contributed by atoms with E-state index < -0.39 is 10.0 Å². The molecule has 0 spiro atoms. The number of sulfonamides is 1. The number of nitrogens with zero attached hydrogens (tertiary/aromatic N) is 1. The van der Waals surface area contributed by atoms with Gasteiger partial charge < -0.3 is 10.2 Å². The highest BCUT2D eigenvalue weighted by atomic mass is 35.5. The van der Waals surface area contributed by atoms with E-state index >= 15 is 0 Å². The Morgan fingerprint density at radius 1 is 1.04 bits per heavy atom. The Bertz CT molecular complexity index is 868. The summed E-state index contributed by atoms with van der Waals surface area (Å²) < 4.78 is 26.7. The van der Waals surface area contributed by atoms with Gasteiger partial charge in [-0.2, -0.15) is 0 Å². The number of nitrogens with one attached hydrogen (secondary N) is 2. The van der Waals surface area contributed by atoms with Crippen molar-refractivity contribution in [2.24, 2.45) is 0 Å². The van der Waals surface area contributed by atoms with Crippen molar-refractivity contribution >= 4 is 27.5 Å². The fraction of sp³-hybridized carbons (Fsp3) is 0.316. The molecule has 0 aliphatic rings. The van der Waals surface area contributed by atoms with Gasteiger partial charge in [0.1, 0.15) is 0 Å². The molecule has 2 rings (SSSR count). The van der Waals surface area contributed by atoms with E-state index in [2.05, 4.69) is 14.9 Å². The smallest absolute Gasteiger partial charge is 0.240 e. The Morgan fingerprint density at radius 2 is 1.67 bits per heavy atom. The summed E-state index contributed by atoms with van der Waals surface area (Å²) in [5.41, 5.74) is 2.19. The number of hydrogen-bond acceptors (Lipinski definition) is 4. The SMILES string of the molecule is CN(C)Cc1ccccc1CNC(=O)CCNS(=O)(=O)c1ccc(Cl)cc1. The maximum absolute atomic E-state index is 12.2. The summed E-state index contributed by atoms with van der Waals surface area (Å²) in [4.78, 5) is 14.2. The van der Waals surface area contributed by atoms with Gasteiger partial charge in [-0.15, -0.1) is 0 Å². The molecule has 6 nitrogen and oxygen atoms in total. The van der Waals surface area contributed by atoms with Crippen LogP contribution in [0.4, 0.5) is 0 Å². The average molecular weight is 410 g/mol. The van der Waals surface area contributed by atoms with Gasteiger partial charge in [-0.1, -0.05) is 35.9 Å². The molecule has 0 radical (unpaired) electrons. The van der Waals surface area contributed by atoms with Crippen LogP contribution in [0.25, 0.3) is 0 Å². The summed E-state index contributed by atoms with van der Waals surface area (Å²) in [5.74, 6) is -0.214. The van der Waals surface area contributed by atoms with Crippen LogP contribution >= 0.6 is 11.6 Å². The van der Waals surface area contributed by atoms with Crippen LogP contribution in [-0.2, 0) is 27.9 Å². The molecule has 0 aliphatic carbocycles. The Labute approximate surface area is 165 Å². The van der Waals surface area contributed by atoms with E-state index in [4.69, 9.17) is 11.6 Å². The third-order valence-electron chi connectivity index (χ3n) is 3.85. The number of halogens is 1. The summed E-state index contributed by atoms with van der Waals surface area (Å²) in [6, 6.07) is 13.8. The first kappa shape index (κ1) is 21.4. The molecule has 0 unspecified atom stereocenters. The molecule has 8 heteroatoms. The summed E-state index contributed by atoms with van der Waals surface area (Å²) in [5, 5.41) is 3.30. The van der Waals surface area contributed by atoms with Crippen LogP contribution in [-0.4, -0.2) is 39.9 Å². The highest BCUT2D eigenvalue weighted by Gasteiger charge is 2.14. The summed E-state index contributed by atoms with van der Waals surface area (Å²) in [6.45, 7) is 1.22. The Kier molecular flexibility index (Phi) is 7.79. The number of rotatable bonds is 9. The van der Waals surface area contributed by atoms with Crippen molar-refractivity contribution in [1.29, 1.82) is 0 Å². The largest absolute Gasteiger partial charge is 0.352 e. The number of amides is 1. The van der Waals surface area contributed by atoms with E-state index in [1.807, 2.05) is 38.4 Å². The first-order valence-corrected chi connectivity index (χ1v) is 10.4. The molecule has 2 aromatic rings. The topological polar surface area (TPSA) is 78.5 Å². The second-order valence-corrected chi connectivity index (χ2v) is 8.59. The number of carbonyl (C=O) groups excluding carboxylic acids is 1. The fourth-order valence-corrected chi connectivity index (χ4v) is 3.66. The molecule has 2 aromatic carbocycles. The van der Waals surface area contributed by atoms with Gasteiger partial charge in [0.15, 0.2) is 0 Å². The van der Waals surface area contributed by atoms with E-state index in [-0.39, 0.29) is 23.8 Å². The average Bonchev–Trinajstić information content (AvgIpc) is 2.61. The van der Waals surface area contributed by atoms with Crippen molar-refractivity contribution in [1.82, 2.24) is 14.9 Å². The van der Waals surface area contributed by atoms with Gasteiger partial charge in [0.05, 0.1) is 4.90 Å². The number of benzene rings is 2. The van der Waals surface area contributed by atoms with Crippen molar-refractivity contribution in [3.8, 4) is 0 Å². The molecule has 146 valence electrons. The fourth-order valence-electron chi connectivity index (χ4n) is 2.50. The van der Waals surface area contributed by atoms with E-state index in [0.29, 0.717) is 11.6 Å². The molecular formula is C19H24ClN3O3S. The van der Waals surface area contributed by atoms with Crippen LogP contribution in [0.15, 0.2) is 53.4 Å². The lowest BCUT2D eigenvalue weighted by Crippen LogP contribution is -2.30. The summed E-state index contributed by atoms with van der Waals surface area (Å²) >= 11 is 5.76. The zero-order chi connectivity index (χ0) is 19.9. The lowest BCUT2D eigenvalue weighted by molar-refractivity contribution is -0.121. The minimum Gasteiger partial charge on any atom is -0.352 e. The lowest BCUT2D eigenvalue weighted by atomic mass is 10.1.